The average molecular weight is 215 g/mol. The van der Waals surface area contributed by atoms with E-state index >= 15 is 0 Å². The number of rotatable bonds is 6. The zero-order valence-electron chi connectivity index (χ0n) is 9.73. The van der Waals surface area contributed by atoms with Crippen LogP contribution in [0, 0.1) is 5.92 Å². The lowest BCUT2D eigenvalue weighted by Crippen LogP contribution is -2.37. The monoisotopic (exact) mass is 215 g/mol. The molecule has 15 heavy (non-hydrogen) atoms. The van der Waals surface area contributed by atoms with Gasteiger partial charge in [-0.1, -0.05) is 19.0 Å². The molecule has 5 nitrogen and oxygen atoms in total. The van der Waals surface area contributed by atoms with Crippen molar-refractivity contribution >= 4 is 11.7 Å². The molecule has 0 aromatic carbocycles. The van der Waals surface area contributed by atoms with Crippen LogP contribution in [0.2, 0.25) is 0 Å². The van der Waals surface area contributed by atoms with E-state index in [2.05, 4.69) is 5.16 Å². The molecule has 0 saturated heterocycles. The van der Waals surface area contributed by atoms with Crippen LogP contribution in [0.1, 0.15) is 33.6 Å². The Bertz CT molecular complexity index is 229. The Labute approximate surface area is 90.9 Å². The molecule has 0 saturated carbocycles. The average Bonchev–Trinajstić information content (AvgIpc) is 2.27. The van der Waals surface area contributed by atoms with E-state index in [0.29, 0.717) is 19.5 Å². The van der Waals surface area contributed by atoms with Crippen LogP contribution in [0.15, 0.2) is 5.16 Å². The summed E-state index contributed by atoms with van der Waals surface area (Å²) in [6.07, 6.45) is 1.24. The molecular formula is C10H21N3O2. The first-order valence-corrected chi connectivity index (χ1v) is 5.31. The van der Waals surface area contributed by atoms with Crippen LogP contribution in [0.4, 0.5) is 0 Å². The molecule has 0 aliphatic rings. The van der Waals surface area contributed by atoms with E-state index in [0.717, 1.165) is 6.42 Å². The molecular weight excluding hydrogens is 194 g/mol. The van der Waals surface area contributed by atoms with Gasteiger partial charge in [0.25, 0.3) is 0 Å². The summed E-state index contributed by atoms with van der Waals surface area (Å²) in [6, 6.07) is 0. The van der Waals surface area contributed by atoms with Crippen molar-refractivity contribution in [3.8, 4) is 0 Å². The number of hydrogen-bond acceptors (Lipinski definition) is 3. The standard InChI is InChI=1S/C10H21N3O2/c1-4-8(3)10(14)13(5-2)7-6-9(11)12-15/h8,15H,4-7H2,1-3H3,(H2,11,12). The van der Waals surface area contributed by atoms with Crippen molar-refractivity contribution in [2.24, 2.45) is 16.8 Å². The summed E-state index contributed by atoms with van der Waals surface area (Å²) in [4.78, 5) is 13.5. The number of carbonyl (C=O) groups is 1. The van der Waals surface area contributed by atoms with E-state index in [4.69, 9.17) is 10.9 Å². The molecule has 1 atom stereocenters. The van der Waals surface area contributed by atoms with Gasteiger partial charge in [0, 0.05) is 25.4 Å². The van der Waals surface area contributed by atoms with Crippen LogP contribution < -0.4 is 5.73 Å². The third kappa shape index (κ3) is 4.67. The summed E-state index contributed by atoms with van der Waals surface area (Å²) in [5.41, 5.74) is 5.35. The highest BCUT2D eigenvalue weighted by Crippen LogP contribution is 2.06. The first-order chi connectivity index (χ1) is 7.06. The minimum Gasteiger partial charge on any atom is -0.409 e. The summed E-state index contributed by atoms with van der Waals surface area (Å²) in [5.74, 6) is 0.327. The minimum atomic E-state index is 0.0391. The van der Waals surface area contributed by atoms with Crippen molar-refractivity contribution in [3.05, 3.63) is 0 Å². The molecule has 0 spiro atoms. The molecule has 0 aromatic heterocycles. The van der Waals surface area contributed by atoms with Gasteiger partial charge >= 0.3 is 0 Å². The lowest BCUT2D eigenvalue weighted by molar-refractivity contribution is -0.134. The Hall–Kier alpha value is -1.26. The molecule has 0 heterocycles. The summed E-state index contributed by atoms with van der Waals surface area (Å²) >= 11 is 0. The number of oxime groups is 1. The molecule has 5 heteroatoms. The first-order valence-electron chi connectivity index (χ1n) is 5.31. The molecule has 3 N–H and O–H groups in total. The van der Waals surface area contributed by atoms with Gasteiger partial charge in [0.05, 0.1) is 0 Å². The first kappa shape index (κ1) is 13.7. The van der Waals surface area contributed by atoms with Gasteiger partial charge in [0.1, 0.15) is 5.84 Å². The van der Waals surface area contributed by atoms with Crippen molar-refractivity contribution in [2.75, 3.05) is 13.1 Å². The summed E-state index contributed by atoms with van der Waals surface area (Å²) < 4.78 is 0. The summed E-state index contributed by atoms with van der Waals surface area (Å²) in [5, 5.41) is 11.2. The SMILES string of the molecule is CCC(C)C(=O)N(CC)CCC(N)=NO. The molecule has 0 radical (unpaired) electrons. The molecule has 88 valence electrons. The Morgan fingerprint density at radius 3 is 2.53 bits per heavy atom. The van der Waals surface area contributed by atoms with Crippen LogP contribution in [-0.4, -0.2) is 34.9 Å². The second kappa shape index (κ2) is 7.09. The van der Waals surface area contributed by atoms with Crippen LogP contribution in [-0.2, 0) is 4.79 Å². The fourth-order valence-electron chi connectivity index (χ4n) is 1.21. The van der Waals surface area contributed by atoms with E-state index < -0.39 is 0 Å². The lowest BCUT2D eigenvalue weighted by atomic mass is 10.1. The van der Waals surface area contributed by atoms with Crippen molar-refractivity contribution in [1.82, 2.24) is 4.90 Å². The molecule has 0 bridgehead atoms. The van der Waals surface area contributed by atoms with Crippen molar-refractivity contribution < 1.29 is 10.0 Å². The van der Waals surface area contributed by atoms with Crippen LogP contribution in [0.25, 0.3) is 0 Å². The molecule has 1 amide bonds. The zero-order chi connectivity index (χ0) is 11.8. The Balaban J connectivity index is 4.19. The Morgan fingerprint density at radius 1 is 1.53 bits per heavy atom. The number of carbonyl (C=O) groups excluding carboxylic acids is 1. The smallest absolute Gasteiger partial charge is 0.225 e. The third-order valence-corrected chi connectivity index (χ3v) is 2.49. The highest BCUT2D eigenvalue weighted by molar-refractivity contribution is 5.82. The van der Waals surface area contributed by atoms with E-state index in [1.165, 1.54) is 0 Å². The van der Waals surface area contributed by atoms with Gasteiger partial charge in [0.2, 0.25) is 5.91 Å². The maximum atomic E-state index is 11.8. The highest BCUT2D eigenvalue weighted by atomic mass is 16.4. The topological polar surface area (TPSA) is 78.9 Å². The van der Waals surface area contributed by atoms with E-state index in [1.807, 2.05) is 20.8 Å². The van der Waals surface area contributed by atoms with Crippen LogP contribution >= 0.6 is 0 Å². The third-order valence-electron chi connectivity index (χ3n) is 2.49. The van der Waals surface area contributed by atoms with E-state index in [-0.39, 0.29) is 17.7 Å². The van der Waals surface area contributed by atoms with Gasteiger partial charge in [0.15, 0.2) is 0 Å². The van der Waals surface area contributed by atoms with Gasteiger partial charge in [-0.25, -0.2) is 0 Å². The molecule has 0 fully saturated rings. The number of nitrogens with zero attached hydrogens (tertiary/aromatic N) is 2. The molecule has 0 rings (SSSR count). The predicted molar refractivity (Wildman–Crippen MR) is 59.7 cm³/mol. The molecule has 0 aromatic rings. The van der Waals surface area contributed by atoms with Gasteiger partial charge in [-0.2, -0.15) is 0 Å². The van der Waals surface area contributed by atoms with Crippen molar-refractivity contribution in [2.45, 2.75) is 33.6 Å². The normalized spacial score (nSPS) is 13.7. The van der Waals surface area contributed by atoms with Crippen molar-refractivity contribution in [3.63, 3.8) is 0 Å². The predicted octanol–water partition coefficient (Wildman–Crippen LogP) is 1.02. The maximum absolute atomic E-state index is 11.8. The lowest BCUT2D eigenvalue weighted by Gasteiger charge is -2.23. The maximum Gasteiger partial charge on any atom is 0.225 e. The van der Waals surface area contributed by atoms with Gasteiger partial charge in [-0.15, -0.1) is 0 Å². The van der Waals surface area contributed by atoms with Gasteiger partial charge < -0.3 is 15.8 Å². The summed E-state index contributed by atoms with van der Waals surface area (Å²) in [7, 11) is 0. The molecule has 0 aliphatic carbocycles. The van der Waals surface area contributed by atoms with Gasteiger partial charge in [-0.3, -0.25) is 4.79 Å². The van der Waals surface area contributed by atoms with E-state index in [1.54, 1.807) is 4.90 Å². The number of amides is 1. The van der Waals surface area contributed by atoms with Crippen LogP contribution in [0.5, 0.6) is 0 Å². The van der Waals surface area contributed by atoms with E-state index in [9.17, 15) is 4.79 Å². The largest absolute Gasteiger partial charge is 0.409 e. The van der Waals surface area contributed by atoms with Crippen molar-refractivity contribution in [1.29, 1.82) is 0 Å². The number of nitrogens with two attached hydrogens (primary N) is 1. The Kier molecular flexibility index (Phi) is 6.49. The van der Waals surface area contributed by atoms with Gasteiger partial charge in [-0.05, 0) is 13.3 Å². The fourth-order valence-corrected chi connectivity index (χ4v) is 1.21. The highest BCUT2D eigenvalue weighted by Gasteiger charge is 2.17. The Morgan fingerprint density at radius 2 is 2.13 bits per heavy atom. The minimum absolute atomic E-state index is 0.0391. The number of amidine groups is 1. The molecule has 0 aliphatic heterocycles. The fraction of sp³-hybridized carbons (Fsp3) is 0.800. The molecule has 1 unspecified atom stereocenters. The second-order valence-corrected chi connectivity index (χ2v) is 3.57. The summed E-state index contributed by atoms with van der Waals surface area (Å²) in [6.45, 7) is 6.98. The second-order valence-electron chi connectivity index (χ2n) is 3.57. The van der Waals surface area contributed by atoms with Crippen LogP contribution in [0.3, 0.4) is 0 Å². The number of hydrogen-bond donors (Lipinski definition) is 2. The quantitative estimate of drug-likeness (QED) is 0.300. The zero-order valence-corrected chi connectivity index (χ0v) is 9.73.